The minimum atomic E-state index is -4.41. The van der Waals surface area contributed by atoms with Crippen LogP contribution in [0.3, 0.4) is 0 Å². The molecule has 0 unspecified atom stereocenters. The molecule has 174 valence electrons. The summed E-state index contributed by atoms with van der Waals surface area (Å²) in [5.41, 5.74) is 0.333. The van der Waals surface area contributed by atoms with Crippen molar-refractivity contribution in [1.82, 2.24) is 15.3 Å². The number of halogens is 3. The lowest BCUT2D eigenvalue weighted by Gasteiger charge is -2.30. The molecule has 1 fully saturated rings. The number of amides is 1. The third-order valence-electron chi connectivity index (χ3n) is 5.88. The second kappa shape index (κ2) is 9.25. The van der Waals surface area contributed by atoms with E-state index in [-0.39, 0.29) is 23.6 Å². The number of nitrogens with zero attached hydrogens (tertiary/aromatic N) is 3. The van der Waals surface area contributed by atoms with Crippen molar-refractivity contribution < 1.29 is 18.0 Å². The van der Waals surface area contributed by atoms with E-state index in [1.165, 1.54) is 12.1 Å². The minimum absolute atomic E-state index is 0.0206. The van der Waals surface area contributed by atoms with Gasteiger partial charge in [0.1, 0.15) is 5.82 Å². The molecule has 0 radical (unpaired) electrons. The van der Waals surface area contributed by atoms with Crippen LogP contribution in [0.15, 0.2) is 48.5 Å². The normalized spacial score (nSPS) is 18.7. The number of carbonyl (C=O) groups is 1. The van der Waals surface area contributed by atoms with Gasteiger partial charge in [0.25, 0.3) is 5.91 Å². The average molecular weight is 458 g/mol. The number of carbonyl (C=O) groups excluding carboxylic acids is 1. The molecule has 2 N–H and O–H groups in total. The van der Waals surface area contributed by atoms with Crippen molar-refractivity contribution in [2.24, 2.45) is 0 Å². The number of alkyl halides is 3. The van der Waals surface area contributed by atoms with Gasteiger partial charge in [0, 0.05) is 37.1 Å². The number of para-hydroxylation sites is 1. The van der Waals surface area contributed by atoms with E-state index in [4.69, 9.17) is 0 Å². The van der Waals surface area contributed by atoms with Crippen LogP contribution in [0.1, 0.15) is 41.6 Å². The molecule has 3 aromatic rings. The predicted octanol–water partition coefficient (Wildman–Crippen LogP) is 4.87. The number of rotatable bonds is 5. The second-order valence-electron chi connectivity index (χ2n) is 8.52. The fourth-order valence-corrected chi connectivity index (χ4v) is 4.11. The van der Waals surface area contributed by atoms with Gasteiger partial charge in [0.15, 0.2) is 0 Å². The third kappa shape index (κ3) is 5.35. The molecule has 0 bridgehead atoms. The summed E-state index contributed by atoms with van der Waals surface area (Å²) in [5, 5.41) is 7.35. The number of aromatic nitrogens is 2. The zero-order chi connectivity index (χ0) is 23.6. The van der Waals surface area contributed by atoms with Crippen LogP contribution in [0.5, 0.6) is 0 Å². The molecule has 33 heavy (non-hydrogen) atoms. The zero-order valence-corrected chi connectivity index (χ0v) is 18.5. The quantitative estimate of drug-likeness (QED) is 0.572. The van der Waals surface area contributed by atoms with Gasteiger partial charge in [0.2, 0.25) is 5.95 Å². The first-order chi connectivity index (χ1) is 15.7. The van der Waals surface area contributed by atoms with Gasteiger partial charge in [-0.2, -0.15) is 18.2 Å². The van der Waals surface area contributed by atoms with Gasteiger partial charge in [0.05, 0.1) is 11.1 Å². The van der Waals surface area contributed by atoms with E-state index < -0.39 is 11.7 Å². The summed E-state index contributed by atoms with van der Waals surface area (Å²) in [6.07, 6.45) is -1.24. The third-order valence-corrected chi connectivity index (χ3v) is 5.88. The number of hydrogen-bond donors (Lipinski definition) is 2. The lowest BCUT2D eigenvalue weighted by Crippen LogP contribution is -2.40. The molecule has 0 saturated heterocycles. The van der Waals surface area contributed by atoms with E-state index in [0.29, 0.717) is 5.95 Å². The highest BCUT2D eigenvalue weighted by molar-refractivity contribution is 5.94. The van der Waals surface area contributed by atoms with Crippen molar-refractivity contribution in [1.29, 1.82) is 0 Å². The summed E-state index contributed by atoms with van der Waals surface area (Å²) in [7, 11) is 3.90. The molecule has 2 aromatic carbocycles. The summed E-state index contributed by atoms with van der Waals surface area (Å²) >= 11 is 0. The van der Waals surface area contributed by atoms with Crippen LogP contribution in [0.25, 0.3) is 10.9 Å². The molecule has 0 atom stereocenters. The molecule has 0 aliphatic heterocycles. The van der Waals surface area contributed by atoms with Crippen LogP contribution in [-0.2, 0) is 6.18 Å². The standard InChI is InChI=1S/C24H26F3N5O/c1-32(2)21-19-5-3-4-6-20(19)30-23(31-21)29-18-13-11-17(12-14-18)28-22(33)15-7-9-16(10-8-15)24(25,26)27/h3-10,17-18H,11-14H2,1-2H3,(H,28,33)(H,29,30,31)/t17-,18+. The molecule has 1 aromatic heterocycles. The van der Waals surface area contributed by atoms with E-state index in [1.54, 1.807) is 0 Å². The Bertz CT molecular complexity index is 1120. The maximum atomic E-state index is 12.7. The van der Waals surface area contributed by atoms with Crippen LogP contribution in [0.4, 0.5) is 24.9 Å². The molecule has 4 rings (SSSR count). The van der Waals surface area contributed by atoms with Gasteiger partial charge in [-0.15, -0.1) is 0 Å². The lowest BCUT2D eigenvalue weighted by atomic mass is 9.91. The molecule has 1 amide bonds. The Balaban J connectivity index is 1.34. The maximum Gasteiger partial charge on any atom is 0.416 e. The highest BCUT2D eigenvalue weighted by Gasteiger charge is 2.30. The fraction of sp³-hybridized carbons (Fsp3) is 0.375. The number of fused-ring (bicyclic) bond motifs is 1. The fourth-order valence-electron chi connectivity index (χ4n) is 4.11. The van der Waals surface area contributed by atoms with Crippen molar-refractivity contribution in [3.05, 3.63) is 59.7 Å². The summed E-state index contributed by atoms with van der Waals surface area (Å²) in [6, 6.07) is 12.3. The van der Waals surface area contributed by atoms with Crippen LogP contribution in [0, 0.1) is 0 Å². The van der Waals surface area contributed by atoms with Crippen molar-refractivity contribution in [3.8, 4) is 0 Å². The van der Waals surface area contributed by atoms with E-state index >= 15 is 0 Å². The first-order valence-corrected chi connectivity index (χ1v) is 10.9. The molecule has 0 spiro atoms. The molecule has 1 saturated carbocycles. The van der Waals surface area contributed by atoms with E-state index in [2.05, 4.69) is 20.6 Å². The van der Waals surface area contributed by atoms with Crippen molar-refractivity contribution in [3.63, 3.8) is 0 Å². The number of benzene rings is 2. The van der Waals surface area contributed by atoms with E-state index in [0.717, 1.165) is 54.5 Å². The average Bonchev–Trinajstić information content (AvgIpc) is 2.79. The Hall–Kier alpha value is -3.36. The Kier molecular flexibility index (Phi) is 6.40. The topological polar surface area (TPSA) is 70.2 Å². The predicted molar refractivity (Wildman–Crippen MR) is 122 cm³/mol. The smallest absolute Gasteiger partial charge is 0.362 e. The van der Waals surface area contributed by atoms with Crippen LogP contribution in [-0.4, -0.2) is 42.1 Å². The highest BCUT2D eigenvalue weighted by Crippen LogP contribution is 2.29. The first kappa shape index (κ1) is 22.8. The van der Waals surface area contributed by atoms with E-state index in [1.807, 2.05) is 43.3 Å². The summed E-state index contributed by atoms with van der Waals surface area (Å²) < 4.78 is 38.1. The zero-order valence-electron chi connectivity index (χ0n) is 18.5. The summed E-state index contributed by atoms with van der Waals surface area (Å²) in [6.45, 7) is 0. The number of anilines is 2. The number of hydrogen-bond acceptors (Lipinski definition) is 5. The number of nitrogens with one attached hydrogen (secondary N) is 2. The molecule has 6 nitrogen and oxygen atoms in total. The molecule has 1 heterocycles. The minimum Gasteiger partial charge on any atom is -0.362 e. The van der Waals surface area contributed by atoms with Crippen molar-refractivity contribution in [2.45, 2.75) is 43.9 Å². The van der Waals surface area contributed by atoms with E-state index in [9.17, 15) is 18.0 Å². The largest absolute Gasteiger partial charge is 0.416 e. The summed E-state index contributed by atoms with van der Waals surface area (Å²) in [5.74, 6) is 1.07. The van der Waals surface area contributed by atoms with Gasteiger partial charge in [-0.3, -0.25) is 4.79 Å². The van der Waals surface area contributed by atoms with Gasteiger partial charge in [-0.1, -0.05) is 12.1 Å². The highest BCUT2D eigenvalue weighted by atomic mass is 19.4. The summed E-state index contributed by atoms with van der Waals surface area (Å²) in [4.78, 5) is 23.7. The molecule has 9 heteroatoms. The Morgan fingerprint density at radius 3 is 2.21 bits per heavy atom. The Morgan fingerprint density at radius 2 is 1.58 bits per heavy atom. The lowest BCUT2D eigenvalue weighted by molar-refractivity contribution is -0.137. The maximum absolute atomic E-state index is 12.7. The molecule has 1 aliphatic rings. The Labute approximate surface area is 190 Å². The van der Waals surface area contributed by atoms with Crippen LogP contribution in [0.2, 0.25) is 0 Å². The molecular formula is C24H26F3N5O. The van der Waals surface area contributed by atoms with Crippen LogP contribution >= 0.6 is 0 Å². The van der Waals surface area contributed by atoms with Crippen LogP contribution < -0.4 is 15.5 Å². The second-order valence-corrected chi connectivity index (χ2v) is 8.52. The van der Waals surface area contributed by atoms with Gasteiger partial charge in [-0.05, 0) is 62.1 Å². The van der Waals surface area contributed by atoms with Gasteiger partial charge < -0.3 is 15.5 Å². The first-order valence-electron chi connectivity index (χ1n) is 10.9. The Morgan fingerprint density at radius 1 is 0.939 bits per heavy atom. The van der Waals surface area contributed by atoms with Crippen molar-refractivity contribution >= 4 is 28.6 Å². The van der Waals surface area contributed by atoms with Crippen molar-refractivity contribution in [2.75, 3.05) is 24.3 Å². The van der Waals surface area contributed by atoms with Gasteiger partial charge >= 0.3 is 6.18 Å². The monoisotopic (exact) mass is 457 g/mol. The molecule has 1 aliphatic carbocycles. The SMILES string of the molecule is CN(C)c1nc(N[C@H]2CC[C@@H](NC(=O)c3ccc(C(F)(F)F)cc3)CC2)nc2ccccc12. The van der Waals surface area contributed by atoms with Gasteiger partial charge in [-0.25, -0.2) is 4.98 Å². The molecular weight excluding hydrogens is 431 g/mol.